The molecule has 4 heteroatoms. The first-order valence-corrected chi connectivity index (χ1v) is 4.53. The van der Waals surface area contributed by atoms with Gasteiger partial charge in [-0.05, 0) is 6.07 Å². The molecule has 3 nitrogen and oxygen atoms in total. The van der Waals surface area contributed by atoms with Crippen molar-refractivity contribution < 1.29 is 9.94 Å². The lowest BCUT2D eigenvalue weighted by molar-refractivity contribution is 0.238. The summed E-state index contributed by atoms with van der Waals surface area (Å²) in [7, 11) is 1.56. The summed E-state index contributed by atoms with van der Waals surface area (Å²) in [6.07, 6.45) is 0. The smallest absolute Gasteiger partial charge is 0.114 e. The summed E-state index contributed by atoms with van der Waals surface area (Å²) in [6, 6.07) is 7.52. The van der Waals surface area contributed by atoms with Crippen molar-refractivity contribution >= 4 is 21.6 Å². The molecule has 0 heterocycles. The minimum absolute atomic E-state index is 0.291. The second-order valence-electron chi connectivity index (χ2n) is 2.46. The second-order valence-corrected chi connectivity index (χ2v) is 3.31. The number of hydrogen-bond donors (Lipinski definition) is 1. The van der Waals surface area contributed by atoms with Crippen molar-refractivity contribution in [3.05, 3.63) is 34.3 Å². The molecule has 0 radical (unpaired) electrons. The molecule has 13 heavy (non-hydrogen) atoms. The highest BCUT2D eigenvalue weighted by Gasteiger charge is 2.06. The average molecular weight is 244 g/mol. The molecule has 0 saturated carbocycles. The minimum Gasteiger partial charge on any atom is -0.411 e. The standard InChI is InChI=1S/C9H10BrNO2/c1-13-6-9(11-12)7-4-2-3-5-8(7)10/h2-5,12H,6H2,1H3. The Morgan fingerprint density at radius 1 is 1.54 bits per heavy atom. The summed E-state index contributed by atoms with van der Waals surface area (Å²) in [6.45, 7) is 0.291. The normalized spacial score (nSPS) is 11.7. The molecule has 0 fully saturated rings. The minimum atomic E-state index is 0.291. The van der Waals surface area contributed by atoms with Crippen LogP contribution in [0.1, 0.15) is 5.56 Å². The Kier molecular flexibility index (Phi) is 3.92. The maximum atomic E-state index is 8.72. The summed E-state index contributed by atoms with van der Waals surface area (Å²) in [4.78, 5) is 0. The highest BCUT2D eigenvalue weighted by Crippen LogP contribution is 2.16. The fourth-order valence-electron chi connectivity index (χ4n) is 0.992. The van der Waals surface area contributed by atoms with Gasteiger partial charge in [0.1, 0.15) is 5.71 Å². The van der Waals surface area contributed by atoms with Gasteiger partial charge in [0.05, 0.1) is 6.61 Å². The van der Waals surface area contributed by atoms with Crippen LogP contribution in [0.3, 0.4) is 0 Å². The summed E-state index contributed by atoms with van der Waals surface area (Å²) in [5, 5.41) is 11.9. The van der Waals surface area contributed by atoms with Gasteiger partial charge < -0.3 is 9.94 Å². The average Bonchev–Trinajstić information content (AvgIpc) is 2.16. The maximum absolute atomic E-state index is 8.72. The third kappa shape index (κ3) is 2.54. The van der Waals surface area contributed by atoms with Crippen LogP contribution in [0.25, 0.3) is 0 Å². The quantitative estimate of drug-likeness (QED) is 0.503. The fraction of sp³-hybridized carbons (Fsp3) is 0.222. The van der Waals surface area contributed by atoms with E-state index in [2.05, 4.69) is 21.1 Å². The van der Waals surface area contributed by atoms with E-state index in [1.807, 2.05) is 24.3 Å². The molecule has 0 spiro atoms. The molecular weight excluding hydrogens is 234 g/mol. The Hall–Kier alpha value is -0.870. The van der Waals surface area contributed by atoms with Crippen molar-refractivity contribution in [2.75, 3.05) is 13.7 Å². The van der Waals surface area contributed by atoms with E-state index in [0.29, 0.717) is 12.3 Å². The molecule has 0 bridgehead atoms. The predicted molar refractivity (Wildman–Crippen MR) is 54.3 cm³/mol. The van der Waals surface area contributed by atoms with Gasteiger partial charge in [-0.1, -0.05) is 39.3 Å². The van der Waals surface area contributed by atoms with Gasteiger partial charge in [0.25, 0.3) is 0 Å². The Morgan fingerprint density at radius 2 is 2.23 bits per heavy atom. The zero-order chi connectivity index (χ0) is 9.68. The Bertz CT molecular complexity index is 312. The first-order chi connectivity index (χ1) is 6.29. The third-order valence-corrected chi connectivity index (χ3v) is 2.28. The summed E-state index contributed by atoms with van der Waals surface area (Å²) >= 11 is 3.36. The van der Waals surface area contributed by atoms with Gasteiger partial charge in [-0.3, -0.25) is 0 Å². The number of ether oxygens (including phenoxy) is 1. The number of halogens is 1. The van der Waals surface area contributed by atoms with Crippen molar-refractivity contribution in [1.82, 2.24) is 0 Å². The van der Waals surface area contributed by atoms with Gasteiger partial charge in [-0.2, -0.15) is 0 Å². The van der Waals surface area contributed by atoms with Crippen molar-refractivity contribution in [3.63, 3.8) is 0 Å². The van der Waals surface area contributed by atoms with E-state index in [1.54, 1.807) is 7.11 Å². The molecule has 1 aromatic rings. The van der Waals surface area contributed by atoms with Gasteiger partial charge in [-0.15, -0.1) is 0 Å². The maximum Gasteiger partial charge on any atom is 0.114 e. The molecule has 0 atom stereocenters. The molecule has 0 aliphatic heterocycles. The van der Waals surface area contributed by atoms with Crippen molar-refractivity contribution in [2.45, 2.75) is 0 Å². The van der Waals surface area contributed by atoms with E-state index in [1.165, 1.54) is 0 Å². The van der Waals surface area contributed by atoms with E-state index < -0.39 is 0 Å². The van der Waals surface area contributed by atoms with Gasteiger partial charge in [0.15, 0.2) is 0 Å². The van der Waals surface area contributed by atoms with Crippen molar-refractivity contribution in [2.24, 2.45) is 5.16 Å². The fourth-order valence-corrected chi connectivity index (χ4v) is 1.51. The molecule has 0 aliphatic carbocycles. The summed E-state index contributed by atoms with van der Waals surface area (Å²) in [5.41, 5.74) is 1.35. The number of hydrogen-bond acceptors (Lipinski definition) is 3. The molecule has 70 valence electrons. The zero-order valence-electron chi connectivity index (χ0n) is 7.20. The number of methoxy groups -OCH3 is 1. The molecular formula is C9H10BrNO2. The van der Waals surface area contributed by atoms with E-state index in [4.69, 9.17) is 9.94 Å². The first kappa shape index (κ1) is 10.2. The largest absolute Gasteiger partial charge is 0.411 e. The van der Waals surface area contributed by atoms with E-state index in [0.717, 1.165) is 10.0 Å². The SMILES string of the molecule is COCC(=NO)c1ccccc1Br. The lowest BCUT2D eigenvalue weighted by Gasteiger charge is -2.04. The molecule has 1 N–H and O–H groups in total. The lowest BCUT2D eigenvalue weighted by atomic mass is 10.1. The highest BCUT2D eigenvalue weighted by molar-refractivity contribution is 9.10. The van der Waals surface area contributed by atoms with Crippen LogP contribution in [0.15, 0.2) is 33.9 Å². The van der Waals surface area contributed by atoms with Crippen LogP contribution in [-0.4, -0.2) is 24.6 Å². The molecule has 0 amide bonds. The van der Waals surface area contributed by atoms with E-state index in [-0.39, 0.29) is 0 Å². The highest BCUT2D eigenvalue weighted by atomic mass is 79.9. The van der Waals surface area contributed by atoms with Crippen LogP contribution in [-0.2, 0) is 4.74 Å². The predicted octanol–water partition coefficient (Wildman–Crippen LogP) is 2.27. The third-order valence-electron chi connectivity index (χ3n) is 1.59. The summed E-state index contributed by atoms with van der Waals surface area (Å²) in [5.74, 6) is 0. The lowest BCUT2D eigenvalue weighted by Crippen LogP contribution is -2.09. The molecule has 1 rings (SSSR count). The van der Waals surface area contributed by atoms with E-state index in [9.17, 15) is 0 Å². The molecule has 0 aliphatic rings. The van der Waals surface area contributed by atoms with Crippen LogP contribution >= 0.6 is 15.9 Å². The topological polar surface area (TPSA) is 41.8 Å². The number of rotatable bonds is 3. The Labute approximate surface area is 85.2 Å². The molecule has 1 aromatic carbocycles. The number of oxime groups is 1. The van der Waals surface area contributed by atoms with Gasteiger partial charge in [0.2, 0.25) is 0 Å². The monoisotopic (exact) mass is 243 g/mol. The number of nitrogens with zero attached hydrogens (tertiary/aromatic N) is 1. The van der Waals surface area contributed by atoms with Gasteiger partial charge >= 0.3 is 0 Å². The van der Waals surface area contributed by atoms with Crippen LogP contribution in [0.5, 0.6) is 0 Å². The Morgan fingerprint density at radius 3 is 2.77 bits per heavy atom. The van der Waals surface area contributed by atoms with Gasteiger partial charge in [-0.25, -0.2) is 0 Å². The van der Waals surface area contributed by atoms with E-state index >= 15 is 0 Å². The van der Waals surface area contributed by atoms with Crippen LogP contribution in [0.4, 0.5) is 0 Å². The van der Waals surface area contributed by atoms with Crippen LogP contribution in [0.2, 0.25) is 0 Å². The number of benzene rings is 1. The Balaban J connectivity index is 2.99. The van der Waals surface area contributed by atoms with Gasteiger partial charge in [0, 0.05) is 17.1 Å². The second kappa shape index (κ2) is 4.99. The van der Waals surface area contributed by atoms with Crippen LogP contribution < -0.4 is 0 Å². The molecule has 0 aromatic heterocycles. The van der Waals surface area contributed by atoms with Crippen molar-refractivity contribution in [1.29, 1.82) is 0 Å². The van der Waals surface area contributed by atoms with Crippen LogP contribution in [0, 0.1) is 0 Å². The zero-order valence-corrected chi connectivity index (χ0v) is 8.78. The molecule has 0 unspecified atom stereocenters. The first-order valence-electron chi connectivity index (χ1n) is 3.74. The van der Waals surface area contributed by atoms with Crippen molar-refractivity contribution in [3.8, 4) is 0 Å². The summed E-state index contributed by atoms with van der Waals surface area (Å²) < 4.78 is 5.78. The molecule has 0 saturated heterocycles.